The Morgan fingerprint density at radius 1 is 1.02 bits per heavy atom. The maximum Gasteiger partial charge on any atom is 0.258 e. The molecule has 2 aliphatic rings. The van der Waals surface area contributed by atoms with Crippen molar-refractivity contribution in [2.45, 2.75) is 90.4 Å². The Labute approximate surface area is 268 Å². The molecule has 2 aromatic carbocycles. The first-order chi connectivity index (χ1) is 21.7. The zero-order chi connectivity index (χ0) is 32.3. The molecule has 1 aliphatic heterocycles. The lowest BCUT2D eigenvalue weighted by atomic mass is 9.88. The van der Waals surface area contributed by atoms with Crippen molar-refractivity contribution in [2.75, 3.05) is 38.7 Å². The lowest BCUT2D eigenvalue weighted by molar-refractivity contribution is -0.120. The summed E-state index contributed by atoms with van der Waals surface area (Å²) in [6, 6.07) is 14.0. The number of likely N-dealkylation sites (N-methyl/N-ethyl adjacent to an activating group) is 1. The maximum atomic E-state index is 14.3. The van der Waals surface area contributed by atoms with E-state index in [9.17, 15) is 19.5 Å². The fraction of sp³-hybridized carbons (Fsp3) is 0.583. The smallest absolute Gasteiger partial charge is 0.258 e. The van der Waals surface area contributed by atoms with E-state index < -0.39 is 6.04 Å². The number of amides is 3. The lowest BCUT2D eigenvalue weighted by Crippen LogP contribution is -2.48. The van der Waals surface area contributed by atoms with E-state index in [2.05, 4.69) is 5.32 Å². The number of benzene rings is 2. The molecule has 0 unspecified atom stereocenters. The number of carbonyl (C=O) groups is 3. The van der Waals surface area contributed by atoms with Crippen molar-refractivity contribution in [3.05, 3.63) is 59.7 Å². The number of anilines is 1. The first-order valence-electron chi connectivity index (χ1n) is 16.6. The summed E-state index contributed by atoms with van der Waals surface area (Å²) in [4.78, 5) is 43.9. The summed E-state index contributed by atoms with van der Waals surface area (Å²) in [6.07, 6.45) is 7.05. The molecule has 1 saturated carbocycles. The van der Waals surface area contributed by atoms with Crippen molar-refractivity contribution in [3.63, 3.8) is 0 Å². The monoisotopic (exact) mass is 621 g/mol. The van der Waals surface area contributed by atoms with Crippen LogP contribution in [-0.2, 0) is 9.53 Å². The number of ether oxygens (including phenoxy) is 2. The molecule has 3 amide bonds. The highest BCUT2D eigenvalue weighted by atomic mass is 16.5. The van der Waals surface area contributed by atoms with Crippen LogP contribution in [0.2, 0.25) is 0 Å². The normalized spacial score (nSPS) is 22.8. The first kappa shape index (κ1) is 34.4. The summed E-state index contributed by atoms with van der Waals surface area (Å²) in [5, 5.41) is 13.3. The van der Waals surface area contributed by atoms with Gasteiger partial charge in [-0.15, -0.1) is 0 Å². The molecule has 246 valence electrons. The zero-order valence-electron chi connectivity index (χ0n) is 27.4. The highest BCUT2D eigenvalue weighted by molar-refractivity contribution is 6.00. The number of aliphatic hydroxyl groups is 1. The summed E-state index contributed by atoms with van der Waals surface area (Å²) in [5.74, 6) is -0.108. The van der Waals surface area contributed by atoms with E-state index in [0.29, 0.717) is 42.3 Å². The van der Waals surface area contributed by atoms with E-state index in [0.717, 1.165) is 51.4 Å². The van der Waals surface area contributed by atoms with Gasteiger partial charge < -0.3 is 29.7 Å². The van der Waals surface area contributed by atoms with Gasteiger partial charge in [0, 0.05) is 49.8 Å². The number of fused-ring (bicyclic) bond motifs is 1. The number of nitrogens with one attached hydrogen (secondary N) is 1. The molecule has 0 bridgehead atoms. The minimum Gasteiger partial charge on any atom is -0.490 e. The van der Waals surface area contributed by atoms with Crippen molar-refractivity contribution in [1.82, 2.24) is 9.80 Å². The summed E-state index contributed by atoms with van der Waals surface area (Å²) in [5.41, 5.74) is 1.51. The van der Waals surface area contributed by atoms with Crippen LogP contribution in [0.5, 0.6) is 5.75 Å². The van der Waals surface area contributed by atoms with Gasteiger partial charge in [0.25, 0.3) is 11.8 Å². The van der Waals surface area contributed by atoms with Gasteiger partial charge >= 0.3 is 0 Å². The molecule has 9 heteroatoms. The standard InChI is InChI=1S/C36H51N3O6/c1-25-22-39(26(2)24-40)36(43)31-21-30(37-34(41)28-14-7-5-8-15-28)18-19-32(31)45-27(3)13-11-12-20-44-33(25)23-38(4)35(42)29-16-9-6-10-17-29/h6,9-10,16-19,21,25-28,33,40H,5,7-8,11-15,20,22-24H2,1-4H3,(H,37,41)/t25-,26+,27-,33-/m0/s1. The highest BCUT2D eigenvalue weighted by Crippen LogP contribution is 2.30. The van der Waals surface area contributed by atoms with E-state index >= 15 is 0 Å². The second kappa shape index (κ2) is 16.8. The van der Waals surface area contributed by atoms with Gasteiger partial charge in [-0.1, -0.05) is 44.4 Å². The van der Waals surface area contributed by atoms with Crippen LogP contribution in [0.3, 0.4) is 0 Å². The molecule has 0 radical (unpaired) electrons. The first-order valence-corrected chi connectivity index (χ1v) is 16.6. The van der Waals surface area contributed by atoms with Crippen LogP contribution in [0.1, 0.15) is 92.9 Å². The van der Waals surface area contributed by atoms with Crippen molar-refractivity contribution >= 4 is 23.4 Å². The largest absolute Gasteiger partial charge is 0.490 e. The molecular formula is C36H51N3O6. The zero-order valence-corrected chi connectivity index (χ0v) is 27.4. The molecular weight excluding hydrogens is 570 g/mol. The summed E-state index contributed by atoms with van der Waals surface area (Å²) < 4.78 is 12.7. The van der Waals surface area contributed by atoms with Crippen molar-refractivity contribution < 1.29 is 29.0 Å². The molecule has 0 aromatic heterocycles. The summed E-state index contributed by atoms with van der Waals surface area (Å²) in [7, 11) is 1.77. The van der Waals surface area contributed by atoms with Gasteiger partial charge in [0.15, 0.2) is 0 Å². The molecule has 4 atom stereocenters. The lowest BCUT2D eigenvalue weighted by Gasteiger charge is -2.36. The van der Waals surface area contributed by atoms with Crippen molar-refractivity contribution in [1.29, 1.82) is 0 Å². The number of carbonyl (C=O) groups excluding carboxylic acids is 3. The molecule has 45 heavy (non-hydrogen) atoms. The third-order valence-corrected chi connectivity index (χ3v) is 9.12. The predicted octanol–water partition coefficient (Wildman–Crippen LogP) is 5.77. The highest BCUT2D eigenvalue weighted by Gasteiger charge is 2.31. The third kappa shape index (κ3) is 9.53. The molecule has 4 rings (SSSR count). The van der Waals surface area contributed by atoms with E-state index in [-0.39, 0.29) is 48.4 Å². The molecule has 2 N–H and O–H groups in total. The minimum atomic E-state index is -0.483. The average Bonchev–Trinajstić information content (AvgIpc) is 3.06. The van der Waals surface area contributed by atoms with Crippen LogP contribution in [0.4, 0.5) is 5.69 Å². The van der Waals surface area contributed by atoms with Gasteiger partial charge in [-0.25, -0.2) is 0 Å². The number of rotatable bonds is 7. The second-order valence-corrected chi connectivity index (χ2v) is 12.9. The van der Waals surface area contributed by atoms with Crippen LogP contribution in [0, 0.1) is 11.8 Å². The topological polar surface area (TPSA) is 108 Å². The van der Waals surface area contributed by atoms with Crippen molar-refractivity contribution in [3.8, 4) is 5.75 Å². The van der Waals surface area contributed by atoms with E-state index in [4.69, 9.17) is 9.47 Å². The fourth-order valence-electron chi connectivity index (χ4n) is 6.23. The van der Waals surface area contributed by atoms with Crippen LogP contribution >= 0.6 is 0 Å². The fourth-order valence-corrected chi connectivity index (χ4v) is 6.23. The van der Waals surface area contributed by atoms with Gasteiger partial charge in [-0.05, 0) is 76.3 Å². The van der Waals surface area contributed by atoms with E-state index in [1.165, 1.54) is 0 Å². The Morgan fingerprint density at radius 3 is 2.44 bits per heavy atom. The van der Waals surface area contributed by atoms with E-state index in [1.807, 2.05) is 39.0 Å². The van der Waals surface area contributed by atoms with Gasteiger partial charge in [-0.3, -0.25) is 14.4 Å². The van der Waals surface area contributed by atoms with Crippen LogP contribution in [0.25, 0.3) is 0 Å². The number of hydrogen-bond donors (Lipinski definition) is 2. The Hall–Kier alpha value is -3.43. The van der Waals surface area contributed by atoms with Gasteiger partial charge in [0.2, 0.25) is 5.91 Å². The number of aliphatic hydroxyl groups excluding tert-OH is 1. The SMILES string of the molecule is C[C@H](CO)N1C[C@H](C)[C@H](CN(C)C(=O)c2ccccc2)OCCCC[C@H](C)Oc2ccc(NC(=O)C3CCCCC3)cc2C1=O. The average molecular weight is 622 g/mol. The Balaban J connectivity index is 1.61. The van der Waals surface area contributed by atoms with Crippen LogP contribution in [-0.4, -0.2) is 84.2 Å². The minimum absolute atomic E-state index is 0.0133. The van der Waals surface area contributed by atoms with Gasteiger partial charge in [-0.2, -0.15) is 0 Å². The number of hydrogen-bond acceptors (Lipinski definition) is 6. The maximum absolute atomic E-state index is 14.3. The quantitative estimate of drug-likeness (QED) is 0.406. The van der Waals surface area contributed by atoms with E-state index in [1.54, 1.807) is 47.2 Å². The summed E-state index contributed by atoms with van der Waals surface area (Å²) in [6.45, 7) is 6.78. The van der Waals surface area contributed by atoms with Crippen molar-refractivity contribution in [2.24, 2.45) is 11.8 Å². The third-order valence-electron chi connectivity index (χ3n) is 9.12. The molecule has 1 fully saturated rings. The van der Waals surface area contributed by atoms with Gasteiger partial charge in [0.05, 0.1) is 30.4 Å². The van der Waals surface area contributed by atoms with Crippen LogP contribution < -0.4 is 10.1 Å². The molecule has 1 heterocycles. The second-order valence-electron chi connectivity index (χ2n) is 12.9. The summed E-state index contributed by atoms with van der Waals surface area (Å²) >= 11 is 0. The molecule has 0 saturated heterocycles. The predicted molar refractivity (Wildman–Crippen MR) is 175 cm³/mol. The van der Waals surface area contributed by atoms with Crippen LogP contribution in [0.15, 0.2) is 48.5 Å². The Morgan fingerprint density at radius 2 is 1.73 bits per heavy atom. The molecule has 2 aromatic rings. The molecule has 1 aliphatic carbocycles. The molecule has 0 spiro atoms. The Kier molecular flexibility index (Phi) is 12.8. The number of nitrogens with zero attached hydrogens (tertiary/aromatic N) is 2. The van der Waals surface area contributed by atoms with Gasteiger partial charge in [0.1, 0.15) is 5.75 Å². The molecule has 9 nitrogen and oxygen atoms in total. The Bertz CT molecular complexity index is 1260.